The summed E-state index contributed by atoms with van der Waals surface area (Å²) in [6.45, 7) is 0. The van der Waals surface area contributed by atoms with Gasteiger partial charge in [0.2, 0.25) is 0 Å². The molecule has 5 rings (SSSR count). The number of aromatic nitrogens is 1. The summed E-state index contributed by atoms with van der Waals surface area (Å²) in [5.74, 6) is 1.23. The lowest BCUT2D eigenvalue weighted by Gasteiger charge is -2.29. The number of phenols is 1. The predicted octanol–water partition coefficient (Wildman–Crippen LogP) is 4.89. The van der Waals surface area contributed by atoms with Gasteiger partial charge in [0.15, 0.2) is 11.5 Å². The van der Waals surface area contributed by atoms with E-state index >= 15 is 0 Å². The second-order valence-corrected chi connectivity index (χ2v) is 7.15. The fourth-order valence-electron chi connectivity index (χ4n) is 4.33. The third-order valence-electron chi connectivity index (χ3n) is 5.63. The van der Waals surface area contributed by atoms with Gasteiger partial charge >= 0.3 is 0 Å². The van der Waals surface area contributed by atoms with Crippen molar-refractivity contribution in [3.63, 3.8) is 0 Å². The number of ether oxygens (including phenoxy) is 1. The smallest absolute Gasteiger partial charge is 0.160 e. The number of nitrogens with two attached hydrogens (primary N) is 1. The molecule has 1 aliphatic carbocycles. The van der Waals surface area contributed by atoms with Crippen molar-refractivity contribution < 1.29 is 9.84 Å². The Kier molecular flexibility index (Phi) is 3.72. The number of phenolic OH excluding ortho intramolecular Hbond substituents is 1. The number of pyridine rings is 1. The van der Waals surface area contributed by atoms with Gasteiger partial charge in [0, 0.05) is 16.9 Å². The minimum Gasteiger partial charge on any atom is -0.504 e. The summed E-state index contributed by atoms with van der Waals surface area (Å²) in [5, 5.41) is 12.4. The second-order valence-electron chi connectivity index (χ2n) is 7.15. The Hall–Kier alpha value is -3.53. The summed E-state index contributed by atoms with van der Waals surface area (Å²) in [6.07, 6.45) is 0.838. The molecule has 0 spiro atoms. The molecule has 1 aromatic heterocycles. The molecule has 0 radical (unpaired) electrons. The first-order valence-electron chi connectivity index (χ1n) is 9.30. The lowest BCUT2D eigenvalue weighted by Crippen LogP contribution is -2.15. The monoisotopic (exact) mass is 368 g/mol. The van der Waals surface area contributed by atoms with Crippen LogP contribution >= 0.6 is 0 Å². The normalized spacial score (nSPS) is 15.1. The first-order chi connectivity index (χ1) is 13.7. The Morgan fingerprint density at radius 3 is 2.54 bits per heavy atom. The molecule has 28 heavy (non-hydrogen) atoms. The third-order valence-corrected chi connectivity index (χ3v) is 5.63. The van der Waals surface area contributed by atoms with Crippen molar-refractivity contribution in [2.45, 2.75) is 12.3 Å². The average Bonchev–Trinajstić information content (AvgIpc) is 2.73. The summed E-state index contributed by atoms with van der Waals surface area (Å²) in [7, 11) is 1.56. The number of anilines is 1. The number of rotatable bonds is 2. The van der Waals surface area contributed by atoms with Crippen molar-refractivity contribution in [3.8, 4) is 22.8 Å². The molecule has 0 aliphatic heterocycles. The van der Waals surface area contributed by atoms with Crippen LogP contribution in [0.4, 0.5) is 5.82 Å². The molecule has 1 aliphatic rings. The van der Waals surface area contributed by atoms with Crippen LogP contribution in [0.5, 0.6) is 11.5 Å². The van der Waals surface area contributed by atoms with E-state index in [-0.39, 0.29) is 11.7 Å². The minimum absolute atomic E-state index is 0.0692. The highest BCUT2D eigenvalue weighted by molar-refractivity contribution is 5.98. The van der Waals surface area contributed by atoms with E-state index in [1.807, 2.05) is 36.4 Å². The van der Waals surface area contributed by atoms with Crippen LogP contribution in [0.15, 0.2) is 66.7 Å². The van der Waals surface area contributed by atoms with Gasteiger partial charge in [-0.3, -0.25) is 0 Å². The Labute approximate surface area is 163 Å². The second kappa shape index (κ2) is 6.27. The number of nitrogens with zero attached hydrogens (tertiary/aromatic N) is 1. The predicted molar refractivity (Wildman–Crippen MR) is 112 cm³/mol. The number of nitrogen functional groups attached to an aromatic ring is 1. The van der Waals surface area contributed by atoms with Crippen molar-refractivity contribution in [1.29, 1.82) is 0 Å². The van der Waals surface area contributed by atoms with Gasteiger partial charge in [0.25, 0.3) is 0 Å². The Morgan fingerprint density at radius 1 is 1.00 bits per heavy atom. The molecule has 1 heterocycles. The number of benzene rings is 3. The van der Waals surface area contributed by atoms with Gasteiger partial charge in [-0.05, 0) is 40.6 Å². The van der Waals surface area contributed by atoms with Crippen molar-refractivity contribution in [2.24, 2.45) is 0 Å². The number of hydrogen-bond acceptors (Lipinski definition) is 4. The molecular formula is C24H20N2O2. The third kappa shape index (κ3) is 2.42. The first kappa shape index (κ1) is 16.6. The van der Waals surface area contributed by atoms with Crippen molar-refractivity contribution in [1.82, 2.24) is 4.98 Å². The SMILES string of the molecule is COc1ccc([C@H]2Cc3ccccc3-c3nc(N)c4ccccc4c32)cc1O. The standard InChI is InChI=1S/C24H20N2O2/c1-28-21-11-10-15(13-20(21)27)19-12-14-6-2-3-7-16(14)23-22(19)17-8-4-5-9-18(17)24(25)26-23/h2-11,13,19,27H,12H2,1H3,(H2,25,26)/t19-/m1/s1. The van der Waals surface area contributed by atoms with E-state index in [4.69, 9.17) is 15.5 Å². The van der Waals surface area contributed by atoms with Crippen molar-refractivity contribution in [2.75, 3.05) is 12.8 Å². The molecule has 4 aromatic rings. The largest absolute Gasteiger partial charge is 0.504 e. The molecule has 0 unspecified atom stereocenters. The van der Waals surface area contributed by atoms with Crippen LogP contribution in [0.2, 0.25) is 0 Å². The van der Waals surface area contributed by atoms with E-state index in [1.54, 1.807) is 13.2 Å². The molecule has 3 N–H and O–H groups in total. The first-order valence-corrected chi connectivity index (χ1v) is 9.30. The topological polar surface area (TPSA) is 68.4 Å². The molecule has 4 nitrogen and oxygen atoms in total. The van der Waals surface area contributed by atoms with Crippen LogP contribution in [-0.4, -0.2) is 17.2 Å². The maximum Gasteiger partial charge on any atom is 0.160 e. The highest BCUT2D eigenvalue weighted by Crippen LogP contribution is 2.46. The number of fused-ring (bicyclic) bond motifs is 5. The van der Waals surface area contributed by atoms with Gasteiger partial charge in [-0.15, -0.1) is 0 Å². The molecule has 4 heteroatoms. The summed E-state index contributed by atoms with van der Waals surface area (Å²) < 4.78 is 5.22. The van der Waals surface area contributed by atoms with Crippen LogP contribution in [0.3, 0.4) is 0 Å². The van der Waals surface area contributed by atoms with Crippen LogP contribution in [0.25, 0.3) is 22.0 Å². The van der Waals surface area contributed by atoms with Crippen molar-refractivity contribution >= 4 is 16.6 Å². The van der Waals surface area contributed by atoms with Crippen LogP contribution in [0, 0.1) is 0 Å². The number of hydrogen-bond donors (Lipinski definition) is 2. The van der Waals surface area contributed by atoms with Crippen LogP contribution in [0.1, 0.15) is 22.6 Å². The summed E-state index contributed by atoms with van der Waals surface area (Å²) in [4.78, 5) is 4.81. The van der Waals surface area contributed by atoms with E-state index < -0.39 is 0 Å². The molecule has 138 valence electrons. The zero-order chi connectivity index (χ0) is 19.3. The highest BCUT2D eigenvalue weighted by atomic mass is 16.5. The van der Waals surface area contributed by atoms with Crippen LogP contribution in [-0.2, 0) is 6.42 Å². The van der Waals surface area contributed by atoms with Gasteiger partial charge < -0.3 is 15.6 Å². The molecule has 0 bridgehead atoms. The number of methoxy groups -OCH3 is 1. The van der Waals surface area contributed by atoms with E-state index in [2.05, 4.69) is 24.3 Å². The lowest BCUT2D eigenvalue weighted by atomic mass is 9.76. The van der Waals surface area contributed by atoms with E-state index in [0.29, 0.717) is 11.6 Å². The minimum atomic E-state index is 0.0692. The summed E-state index contributed by atoms with van der Waals surface area (Å²) >= 11 is 0. The molecule has 0 fully saturated rings. The Morgan fingerprint density at radius 2 is 1.75 bits per heavy atom. The number of aromatic hydroxyl groups is 1. The molecule has 1 atom stereocenters. The fraction of sp³-hybridized carbons (Fsp3) is 0.125. The molecule has 3 aromatic carbocycles. The fourth-order valence-corrected chi connectivity index (χ4v) is 4.33. The molecular weight excluding hydrogens is 348 g/mol. The zero-order valence-corrected chi connectivity index (χ0v) is 15.5. The molecule has 0 saturated carbocycles. The van der Waals surface area contributed by atoms with E-state index in [0.717, 1.165) is 39.6 Å². The molecule has 0 saturated heterocycles. The van der Waals surface area contributed by atoms with E-state index in [9.17, 15) is 5.11 Å². The lowest BCUT2D eigenvalue weighted by molar-refractivity contribution is 0.373. The maximum atomic E-state index is 10.4. The van der Waals surface area contributed by atoms with Crippen LogP contribution < -0.4 is 10.5 Å². The van der Waals surface area contributed by atoms with Gasteiger partial charge in [-0.25, -0.2) is 4.98 Å². The maximum absolute atomic E-state index is 10.4. The summed E-state index contributed by atoms with van der Waals surface area (Å²) in [5.41, 5.74) is 11.8. The van der Waals surface area contributed by atoms with Crippen molar-refractivity contribution in [3.05, 3.63) is 83.4 Å². The Bertz CT molecular complexity index is 1220. The zero-order valence-electron chi connectivity index (χ0n) is 15.5. The molecule has 0 amide bonds. The quantitative estimate of drug-likeness (QED) is 0.529. The van der Waals surface area contributed by atoms with Gasteiger partial charge in [0.05, 0.1) is 12.8 Å². The van der Waals surface area contributed by atoms with Gasteiger partial charge in [-0.1, -0.05) is 54.6 Å². The van der Waals surface area contributed by atoms with E-state index in [1.165, 1.54) is 5.56 Å². The summed E-state index contributed by atoms with van der Waals surface area (Å²) in [6, 6.07) is 22.1. The highest BCUT2D eigenvalue weighted by Gasteiger charge is 2.30. The Balaban J connectivity index is 1.83. The van der Waals surface area contributed by atoms with Gasteiger partial charge in [-0.2, -0.15) is 0 Å². The van der Waals surface area contributed by atoms with Gasteiger partial charge in [0.1, 0.15) is 5.82 Å². The average molecular weight is 368 g/mol.